The van der Waals surface area contributed by atoms with Gasteiger partial charge in [-0.25, -0.2) is 4.79 Å². The van der Waals surface area contributed by atoms with Gasteiger partial charge in [-0.15, -0.1) is 0 Å². The lowest BCUT2D eigenvalue weighted by atomic mass is 10.1. The Hall–Kier alpha value is -2.16. The molecule has 0 aliphatic rings. The molecule has 0 spiro atoms. The molecule has 0 aromatic heterocycles. The monoisotopic (exact) mass is 298 g/mol. The zero-order valence-electron chi connectivity index (χ0n) is 11.9. The first kappa shape index (κ1) is 16.9. The maximum atomic E-state index is 12.4. The minimum Gasteiger partial charge on any atom is -0.327 e. The van der Waals surface area contributed by atoms with Crippen LogP contribution >= 0.6 is 0 Å². The van der Waals surface area contributed by atoms with E-state index in [0.29, 0.717) is 18.7 Å². The third-order valence-corrected chi connectivity index (χ3v) is 2.82. The van der Waals surface area contributed by atoms with Gasteiger partial charge in [-0.1, -0.05) is 11.8 Å². The van der Waals surface area contributed by atoms with Crippen LogP contribution in [0.3, 0.4) is 0 Å². The zero-order valence-corrected chi connectivity index (χ0v) is 11.9. The van der Waals surface area contributed by atoms with Crippen LogP contribution in [0, 0.1) is 11.8 Å². The van der Waals surface area contributed by atoms with Gasteiger partial charge in [0.2, 0.25) is 0 Å². The number of rotatable bonds is 3. The minimum absolute atomic E-state index is 0.149. The second-order valence-electron chi connectivity index (χ2n) is 4.21. The smallest absolute Gasteiger partial charge is 0.327 e. The topological polar surface area (TPSA) is 32.3 Å². The summed E-state index contributed by atoms with van der Waals surface area (Å²) in [6.45, 7) is 5.10. The van der Waals surface area contributed by atoms with Gasteiger partial charge in [0.25, 0.3) is 0 Å². The Morgan fingerprint density at radius 1 is 1.19 bits per heavy atom. The molecule has 0 aliphatic heterocycles. The lowest BCUT2D eigenvalue weighted by molar-refractivity contribution is -0.137. The fourth-order valence-corrected chi connectivity index (χ4v) is 1.63. The molecule has 114 valence electrons. The van der Waals surface area contributed by atoms with E-state index in [1.54, 1.807) is 4.90 Å². The van der Waals surface area contributed by atoms with Gasteiger partial charge in [-0.3, -0.25) is 0 Å². The molecule has 0 bridgehead atoms. The van der Waals surface area contributed by atoms with Gasteiger partial charge in [0.05, 0.1) is 12.1 Å². The summed E-state index contributed by atoms with van der Waals surface area (Å²) in [5, 5.41) is 2.62. The molecule has 21 heavy (non-hydrogen) atoms. The Bertz CT molecular complexity index is 523. The van der Waals surface area contributed by atoms with Crippen LogP contribution in [0.5, 0.6) is 0 Å². The molecule has 2 amide bonds. The van der Waals surface area contributed by atoms with Crippen molar-refractivity contribution in [3.05, 3.63) is 35.4 Å². The normalized spacial score (nSPS) is 10.5. The summed E-state index contributed by atoms with van der Waals surface area (Å²) in [6, 6.07) is 4.38. The Labute approximate surface area is 122 Å². The number of halogens is 3. The fraction of sp³-hybridized carbons (Fsp3) is 0.400. The van der Waals surface area contributed by atoms with E-state index in [9.17, 15) is 18.0 Å². The number of carbonyl (C=O) groups excluding carboxylic acids is 1. The van der Waals surface area contributed by atoms with Gasteiger partial charge < -0.3 is 10.2 Å². The van der Waals surface area contributed by atoms with Crippen LogP contribution in [-0.4, -0.2) is 30.6 Å². The number of urea groups is 1. The largest absolute Gasteiger partial charge is 0.416 e. The molecule has 0 fully saturated rings. The molecule has 0 radical (unpaired) electrons. The summed E-state index contributed by atoms with van der Waals surface area (Å²) in [5.41, 5.74) is -0.233. The van der Waals surface area contributed by atoms with Crippen LogP contribution in [0.25, 0.3) is 0 Å². The highest BCUT2D eigenvalue weighted by Crippen LogP contribution is 2.28. The number of amides is 2. The molecule has 1 aromatic rings. The lowest BCUT2D eigenvalue weighted by Gasteiger charge is -2.18. The first-order valence-electron chi connectivity index (χ1n) is 6.57. The Balaban J connectivity index is 2.54. The molecule has 0 heterocycles. The average molecular weight is 298 g/mol. The minimum atomic E-state index is -4.34. The molecule has 0 saturated carbocycles. The van der Waals surface area contributed by atoms with Gasteiger partial charge in [0.15, 0.2) is 0 Å². The van der Waals surface area contributed by atoms with Crippen molar-refractivity contribution in [2.45, 2.75) is 20.0 Å². The summed E-state index contributed by atoms with van der Waals surface area (Å²) in [5.74, 6) is 5.41. The molecule has 0 unspecified atom stereocenters. The molecular weight excluding hydrogens is 281 g/mol. The molecule has 1 rings (SSSR count). The first-order valence-corrected chi connectivity index (χ1v) is 6.57. The van der Waals surface area contributed by atoms with E-state index < -0.39 is 11.7 Å². The predicted octanol–water partition coefficient (Wildman–Crippen LogP) is 3.11. The molecule has 0 saturated heterocycles. The van der Waals surface area contributed by atoms with E-state index in [0.717, 1.165) is 12.1 Å². The zero-order chi connectivity index (χ0) is 15.9. The van der Waals surface area contributed by atoms with Crippen LogP contribution in [-0.2, 0) is 6.18 Å². The molecule has 3 nitrogen and oxygen atoms in total. The van der Waals surface area contributed by atoms with Crippen LogP contribution in [0.2, 0.25) is 0 Å². The number of alkyl halides is 3. The average Bonchev–Trinajstić information content (AvgIpc) is 2.44. The predicted molar refractivity (Wildman–Crippen MR) is 74.6 cm³/mol. The van der Waals surface area contributed by atoms with Crippen molar-refractivity contribution >= 4 is 6.03 Å². The third-order valence-electron chi connectivity index (χ3n) is 2.82. The van der Waals surface area contributed by atoms with Gasteiger partial charge in [0.1, 0.15) is 0 Å². The second-order valence-corrected chi connectivity index (χ2v) is 4.21. The second kappa shape index (κ2) is 7.58. The van der Waals surface area contributed by atoms with Crippen molar-refractivity contribution < 1.29 is 18.0 Å². The number of carbonyl (C=O) groups is 1. The summed E-state index contributed by atoms with van der Waals surface area (Å²) in [6.07, 6.45) is -4.34. The number of benzene rings is 1. The molecule has 1 aromatic carbocycles. The van der Waals surface area contributed by atoms with Gasteiger partial charge in [-0.2, -0.15) is 13.2 Å². The first-order chi connectivity index (χ1) is 9.88. The highest BCUT2D eigenvalue weighted by atomic mass is 19.4. The van der Waals surface area contributed by atoms with Crippen molar-refractivity contribution in [1.82, 2.24) is 10.2 Å². The number of hydrogen-bond acceptors (Lipinski definition) is 1. The summed E-state index contributed by atoms with van der Waals surface area (Å²) in [4.78, 5) is 13.2. The van der Waals surface area contributed by atoms with Crippen molar-refractivity contribution in [2.75, 3.05) is 19.6 Å². The third kappa shape index (κ3) is 5.38. The van der Waals surface area contributed by atoms with Crippen LogP contribution in [0.4, 0.5) is 18.0 Å². The van der Waals surface area contributed by atoms with E-state index in [4.69, 9.17) is 0 Å². The number of nitrogens with one attached hydrogen (secondary N) is 1. The van der Waals surface area contributed by atoms with E-state index in [1.807, 2.05) is 13.8 Å². The van der Waals surface area contributed by atoms with E-state index in [2.05, 4.69) is 17.2 Å². The maximum Gasteiger partial charge on any atom is 0.416 e. The van der Waals surface area contributed by atoms with E-state index >= 15 is 0 Å². The van der Waals surface area contributed by atoms with Gasteiger partial charge in [-0.05, 0) is 38.1 Å². The van der Waals surface area contributed by atoms with Crippen LogP contribution in [0.1, 0.15) is 25.0 Å². The van der Waals surface area contributed by atoms with Gasteiger partial charge >= 0.3 is 12.2 Å². The van der Waals surface area contributed by atoms with Crippen LogP contribution < -0.4 is 5.32 Å². The lowest BCUT2D eigenvalue weighted by Crippen LogP contribution is -2.39. The standard InChI is InChI=1S/C15H17F3N2O/c1-3-20(4-2)14(21)19-11-5-6-12-7-9-13(10-8-12)15(16,17)18/h7-10H,3-4,11H2,1-2H3,(H,19,21). The van der Waals surface area contributed by atoms with Crippen molar-refractivity contribution in [3.63, 3.8) is 0 Å². The van der Waals surface area contributed by atoms with Gasteiger partial charge in [0, 0.05) is 18.7 Å². The highest BCUT2D eigenvalue weighted by Gasteiger charge is 2.29. The number of nitrogens with zero attached hydrogens (tertiary/aromatic N) is 1. The quantitative estimate of drug-likeness (QED) is 0.854. The summed E-state index contributed by atoms with van der Waals surface area (Å²) in [7, 11) is 0. The molecule has 0 atom stereocenters. The van der Waals surface area contributed by atoms with Crippen molar-refractivity contribution in [2.24, 2.45) is 0 Å². The SMILES string of the molecule is CCN(CC)C(=O)NCC#Cc1ccc(C(F)(F)F)cc1. The van der Waals surface area contributed by atoms with E-state index in [-0.39, 0.29) is 12.6 Å². The van der Waals surface area contributed by atoms with E-state index in [1.165, 1.54) is 12.1 Å². The van der Waals surface area contributed by atoms with Crippen LogP contribution in [0.15, 0.2) is 24.3 Å². The summed E-state index contributed by atoms with van der Waals surface area (Å²) >= 11 is 0. The summed E-state index contributed by atoms with van der Waals surface area (Å²) < 4.78 is 37.1. The molecule has 1 N–H and O–H groups in total. The Morgan fingerprint density at radius 2 is 1.76 bits per heavy atom. The maximum absolute atomic E-state index is 12.4. The highest BCUT2D eigenvalue weighted by molar-refractivity contribution is 5.74. The fourth-order valence-electron chi connectivity index (χ4n) is 1.63. The molecular formula is C15H17F3N2O. The Kier molecular flexibility index (Phi) is 6.10. The number of hydrogen-bond donors (Lipinski definition) is 1. The molecule has 0 aliphatic carbocycles. The van der Waals surface area contributed by atoms with Crippen molar-refractivity contribution in [3.8, 4) is 11.8 Å². The Morgan fingerprint density at radius 3 is 2.24 bits per heavy atom. The van der Waals surface area contributed by atoms with Crippen molar-refractivity contribution in [1.29, 1.82) is 0 Å². The molecule has 6 heteroatoms.